The molecule has 0 aromatic heterocycles. The number of hydrogen-bond donors (Lipinski definition) is 0. The van der Waals surface area contributed by atoms with E-state index in [1.807, 2.05) is 0 Å². The molecule has 0 bridgehead atoms. The molecule has 1 rings (SSSR count). The molecule has 0 amide bonds. The fraction of sp³-hybridized carbons (Fsp3) is 0.923. The van der Waals surface area contributed by atoms with Crippen LogP contribution >= 0.6 is 0 Å². The van der Waals surface area contributed by atoms with Crippen molar-refractivity contribution in [1.29, 1.82) is 0 Å². The molecule has 1 atom stereocenters. The van der Waals surface area contributed by atoms with Gasteiger partial charge >= 0.3 is 5.97 Å². The summed E-state index contributed by atoms with van der Waals surface area (Å²) in [4.78, 5) is 14.0. The summed E-state index contributed by atoms with van der Waals surface area (Å²) in [5.41, 5.74) is 0.346. The molecule has 0 aromatic rings. The molecular weight excluding hydrogens is 202 g/mol. The van der Waals surface area contributed by atoms with Crippen molar-refractivity contribution in [2.45, 2.75) is 52.5 Å². The fourth-order valence-corrected chi connectivity index (χ4v) is 2.40. The predicted octanol–water partition coefficient (Wildman–Crippen LogP) is 2.45. The average molecular weight is 227 g/mol. The first-order valence-electron chi connectivity index (χ1n) is 6.32. The third-order valence-corrected chi connectivity index (χ3v) is 3.45. The van der Waals surface area contributed by atoms with Crippen LogP contribution in [-0.4, -0.2) is 37.1 Å². The third kappa shape index (κ3) is 3.48. The molecule has 1 heterocycles. The number of esters is 1. The van der Waals surface area contributed by atoms with Gasteiger partial charge in [-0.25, -0.2) is 0 Å². The van der Waals surface area contributed by atoms with Crippen molar-refractivity contribution in [2.24, 2.45) is 5.41 Å². The van der Waals surface area contributed by atoms with Gasteiger partial charge in [-0.05, 0) is 24.8 Å². The van der Waals surface area contributed by atoms with Crippen LogP contribution in [0.1, 0.15) is 46.5 Å². The largest absolute Gasteiger partial charge is 0.468 e. The first kappa shape index (κ1) is 13.5. The molecule has 16 heavy (non-hydrogen) atoms. The molecule has 0 saturated carbocycles. The van der Waals surface area contributed by atoms with E-state index in [-0.39, 0.29) is 12.0 Å². The van der Waals surface area contributed by atoms with Gasteiger partial charge in [-0.15, -0.1) is 0 Å². The maximum Gasteiger partial charge on any atom is 0.323 e. The molecule has 1 saturated heterocycles. The highest BCUT2D eigenvalue weighted by Gasteiger charge is 2.36. The summed E-state index contributed by atoms with van der Waals surface area (Å²) in [6.45, 7) is 8.72. The molecule has 0 radical (unpaired) electrons. The van der Waals surface area contributed by atoms with Crippen LogP contribution in [-0.2, 0) is 9.53 Å². The zero-order valence-corrected chi connectivity index (χ0v) is 11.1. The van der Waals surface area contributed by atoms with E-state index >= 15 is 0 Å². The summed E-state index contributed by atoms with van der Waals surface area (Å²) in [5.74, 6) is -0.0637. The number of carbonyl (C=O) groups excluding carboxylic acids is 1. The molecule has 0 aliphatic carbocycles. The Bertz CT molecular complexity index is 238. The lowest BCUT2D eigenvalue weighted by atomic mass is 9.93. The molecule has 1 unspecified atom stereocenters. The van der Waals surface area contributed by atoms with Gasteiger partial charge in [-0.3, -0.25) is 9.69 Å². The average Bonchev–Trinajstić information content (AvgIpc) is 2.59. The minimum atomic E-state index is -0.0637. The highest BCUT2D eigenvalue weighted by molar-refractivity contribution is 5.75. The Labute approximate surface area is 99.1 Å². The second-order valence-corrected chi connectivity index (χ2v) is 5.57. The van der Waals surface area contributed by atoms with Gasteiger partial charge in [0, 0.05) is 6.54 Å². The number of likely N-dealkylation sites (tertiary alicyclic amines) is 1. The fourth-order valence-electron chi connectivity index (χ4n) is 2.40. The van der Waals surface area contributed by atoms with Gasteiger partial charge < -0.3 is 4.74 Å². The Morgan fingerprint density at radius 3 is 2.62 bits per heavy atom. The first-order chi connectivity index (χ1) is 7.50. The van der Waals surface area contributed by atoms with Gasteiger partial charge in [0.1, 0.15) is 6.04 Å². The third-order valence-electron chi connectivity index (χ3n) is 3.45. The van der Waals surface area contributed by atoms with E-state index < -0.39 is 0 Å². The van der Waals surface area contributed by atoms with Crippen molar-refractivity contribution in [3.8, 4) is 0 Å². The lowest BCUT2D eigenvalue weighted by Crippen LogP contribution is -2.41. The van der Waals surface area contributed by atoms with Gasteiger partial charge in [-0.1, -0.05) is 33.6 Å². The normalized spacial score (nSPS) is 22.0. The Kier molecular flexibility index (Phi) is 4.78. The number of carbonyl (C=O) groups is 1. The predicted molar refractivity (Wildman–Crippen MR) is 65.3 cm³/mol. The number of unbranched alkanes of at least 4 members (excludes halogenated alkanes) is 1. The zero-order chi connectivity index (χ0) is 12.2. The molecule has 0 aromatic carbocycles. The van der Waals surface area contributed by atoms with Crippen molar-refractivity contribution < 1.29 is 9.53 Å². The van der Waals surface area contributed by atoms with E-state index in [9.17, 15) is 4.79 Å². The first-order valence-corrected chi connectivity index (χ1v) is 6.32. The van der Waals surface area contributed by atoms with Crippen LogP contribution < -0.4 is 0 Å². The molecule has 0 spiro atoms. The number of hydrogen-bond acceptors (Lipinski definition) is 3. The number of rotatable bonds is 5. The van der Waals surface area contributed by atoms with Crippen LogP contribution in [0.5, 0.6) is 0 Å². The van der Waals surface area contributed by atoms with Crippen LogP contribution in [0.3, 0.4) is 0 Å². The second-order valence-electron chi connectivity index (χ2n) is 5.57. The molecule has 1 aliphatic rings. The van der Waals surface area contributed by atoms with Crippen LogP contribution in [0.2, 0.25) is 0 Å². The lowest BCUT2D eigenvalue weighted by molar-refractivity contribution is -0.147. The van der Waals surface area contributed by atoms with Gasteiger partial charge in [0.15, 0.2) is 0 Å². The van der Waals surface area contributed by atoms with Crippen molar-refractivity contribution in [3.63, 3.8) is 0 Å². The maximum absolute atomic E-state index is 11.8. The summed E-state index contributed by atoms with van der Waals surface area (Å²) in [6, 6.07) is -0.0216. The topological polar surface area (TPSA) is 29.5 Å². The van der Waals surface area contributed by atoms with Crippen LogP contribution in [0.4, 0.5) is 0 Å². The van der Waals surface area contributed by atoms with Gasteiger partial charge in [-0.2, -0.15) is 0 Å². The van der Waals surface area contributed by atoms with Gasteiger partial charge in [0.25, 0.3) is 0 Å². The van der Waals surface area contributed by atoms with Crippen molar-refractivity contribution >= 4 is 5.97 Å². The highest BCUT2D eigenvalue weighted by Crippen LogP contribution is 2.31. The van der Waals surface area contributed by atoms with E-state index in [4.69, 9.17) is 4.74 Å². The second kappa shape index (κ2) is 5.67. The quantitative estimate of drug-likeness (QED) is 0.676. The minimum absolute atomic E-state index is 0.0216. The van der Waals surface area contributed by atoms with E-state index in [2.05, 4.69) is 25.7 Å². The monoisotopic (exact) mass is 227 g/mol. The highest BCUT2D eigenvalue weighted by atomic mass is 16.5. The molecule has 1 fully saturated rings. The van der Waals surface area contributed by atoms with Crippen LogP contribution in [0, 0.1) is 5.41 Å². The summed E-state index contributed by atoms with van der Waals surface area (Å²) >= 11 is 0. The molecule has 3 nitrogen and oxygen atoms in total. The number of ether oxygens (including phenoxy) is 1. The van der Waals surface area contributed by atoms with Gasteiger partial charge in [0.2, 0.25) is 0 Å². The van der Waals surface area contributed by atoms with E-state index in [1.165, 1.54) is 13.5 Å². The van der Waals surface area contributed by atoms with E-state index in [0.717, 1.165) is 32.4 Å². The Morgan fingerprint density at radius 1 is 1.50 bits per heavy atom. The number of nitrogens with zero attached hydrogens (tertiary/aromatic N) is 1. The Balaban J connectivity index is 2.59. The van der Waals surface area contributed by atoms with E-state index in [0.29, 0.717) is 5.41 Å². The van der Waals surface area contributed by atoms with Crippen molar-refractivity contribution in [3.05, 3.63) is 0 Å². The molecule has 0 N–H and O–H groups in total. The summed E-state index contributed by atoms with van der Waals surface area (Å²) in [7, 11) is 1.49. The van der Waals surface area contributed by atoms with Crippen LogP contribution in [0.25, 0.3) is 0 Å². The van der Waals surface area contributed by atoms with Crippen molar-refractivity contribution in [1.82, 2.24) is 4.90 Å². The Hall–Kier alpha value is -0.570. The molecule has 1 aliphatic heterocycles. The Morgan fingerprint density at radius 2 is 2.19 bits per heavy atom. The van der Waals surface area contributed by atoms with Crippen LogP contribution in [0.15, 0.2) is 0 Å². The molecule has 3 heteroatoms. The maximum atomic E-state index is 11.8. The summed E-state index contributed by atoms with van der Waals surface area (Å²) in [6.07, 6.45) is 4.33. The number of methoxy groups -OCH3 is 1. The smallest absolute Gasteiger partial charge is 0.323 e. The lowest BCUT2D eigenvalue weighted by Gasteiger charge is -2.27. The zero-order valence-electron chi connectivity index (χ0n) is 11.1. The SMILES string of the molecule is CCCCC(C(=O)OC)N1CCC(C)(C)C1. The summed E-state index contributed by atoms with van der Waals surface area (Å²) < 4.78 is 4.91. The minimum Gasteiger partial charge on any atom is -0.468 e. The van der Waals surface area contributed by atoms with Crippen molar-refractivity contribution in [2.75, 3.05) is 20.2 Å². The summed E-state index contributed by atoms with van der Waals surface area (Å²) in [5, 5.41) is 0. The molecular formula is C13H25NO2. The van der Waals surface area contributed by atoms with E-state index in [1.54, 1.807) is 0 Å². The standard InChI is InChI=1S/C13H25NO2/c1-5-6-7-11(12(15)16-4)14-9-8-13(2,3)10-14/h11H,5-10H2,1-4H3. The van der Waals surface area contributed by atoms with Gasteiger partial charge in [0.05, 0.1) is 7.11 Å². The molecule has 94 valence electrons.